The maximum atomic E-state index is 9.61. The largest absolute Gasteiger partial charge is 0.396 e. The lowest BCUT2D eigenvalue weighted by molar-refractivity contribution is -0.0814. The van der Waals surface area contributed by atoms with Gasteiger partial charge in [-0.15, -0.1) is 11.8 Å². The summed E-state index contributed by atoms with van der Waals surface area (Å²) < 4.78 is 5.42. The van der Waals surface area contributed by atoms with E-state index in [9.17, 15) is 5.11 Å². The van der Waals surface area contributed by atoms with E-state index in [1.807, 2.05) is 18.2 Å². The monoisotopic (exact) mass is 214 g/mol. The van der Waals surface area contributed by atoms with E-state index >= 15 is 0 Å². The molecule has 4 heteroatoms. The highest BCUT2D eigenvalue weighted by Crippen LogP contribution is 2.40. The number of aliphatic hydroxyl groups excluding tert-OH is 2. The molecule has 1 aliphatic carbocycles. The fraction of sp³-hybridized carbons (Fsp3) is 0.600. The number of hydrogen-bond acceptors (Lipinski definition) is 4. The number of thioether (sulfide) groups is 1. The minimum absolute atomic E-state index is 0.0247. The Kier molecular flexibility index (Phi) is 3.28. The molecule has 0 bridgehead atoms. The van der Waals surface area contributed by atoms with Crippen LogP contribution in [-0.4, -0.2) is 34.3 Å². The molecule has 1 saturated heterocycles. The number of hydrogen-bond donors (Lipinski definition) is 2. The third-order valence-corrected chi connectivity index (χ3v) is 3.68. The van der Waals surface area contributed by atoms with Gasteiger partial charge in [-0.2, -0.15) is 0 Å². The molecule has 1 heterocycles. The third-order valence-electron chi connectivity index (χ3n) is 2.51. The Morgan fingerprint density at radius 2 is 1.93 bits per heavy atom. The molecule has 2 N–H and O–H groups in total. The summed E-state index contributed by atoms with van der Waals surface area (Å²) in [4.78, 5) is 0. The molecule has 1 fully saturated rings. The Bertz CT molecular complexity index is 252. The van der Waals surface area contributed by atoms with Gasteiger partial charge in [0.05, 0.1) is 6.61 Å². The summed E-state index contributed by atoms with van der Waals surface area (Å²) in [6.07, 6.45) is 7.27. The van der Waals surface area contributed by atoms with Crippen LogP contribution in [0.2, 0.25) is 0 Å². The highest BCUT2D eigenvalue weighted by molar-refractivity contribution is 7.99. The minimum atomic E-state index is -0.697. The van der Waals surface area contributed by atoms with Crippen LogP contribution in [0.1, 0.15) is 0 Å². The molecule has 14 heavy (non-hydrogen) atoms. The van der Waals surface area contributed by atoms with Crippen molar-refractivity contribution in [1.82, 2.24) is 0 Å². The van der Waals surface area contributed by atoms with Crippen molar-refractivity contribution in [3.63, 3.8) is 0 Å². The molecule has 0 aromatic heterocycles. The van der Waals surface area contributed by atoms with Gasteiger partial charge in [-0.1, -0.05) is 24.3 Å². The van der Waals surface area contributed by atoms with Gasteiger partial charge in [0.15, 0.2) is 6.29 Å². The second kappa shape index (κ2) is 4.49. The lowest BCUT2D eigenvalue weighted by Gasteiger charge is -2.18. The van der Waals surface area contributed by atoms with Crippen molar-refractivity contribution in [3.05, 3.63) is 24.3 Å². The molecule has 0 saturated carbocycles. The number of aliphatic hydroxyl groups is 2. The zero-order valence-corrected chi connectivity index (χ0v) is 8.56. The molecular weight excluding hydrogens is 200 g/mol. The van der Waals surface area contributed by atoms with E-state index in [1.54, 1.807) is 11.8 Å². The van der Waals surface area contributed by atoms with E-state index in [0.717, 1.165) is 0 Å². The molecular formula is C10H14O3S. The molecule has 0 aromatic carbocycles. The fourth-order valence-corrected chi connectivity index (χ4v) is 2.86. The Balaban J connectivity index is 2.00. The summed E-state index contributed by atoms with van der Waals surface area (Å²) >= 11 is 1.56. The van der Waals surface area contributed by atoms with Crippen molar-refractivity contribution in [2.45, 2.75) is 11.7 Å². The number of fused-ring (bicyclic) bond motifs is 1. The van der Waals surface area contributed by atoms with Gasteiger partial charge < -0.3 is 14.9 Å². The summed E-state index contributed by atoms with van der Waals surface area (Å²) in [6, 6.07) is 0. The van der Waals surface area contributed by atoms with Crippen molar-refractivity contribution in [1.29, 1.82) is 0 Å². The molecule has 3 nitrogen and oxygen atoms in total. The van der Waals surface area contributed by atoms with Crippen LogP contribution in [0.5, 0.6) is 0 Å². The van der Waals surface area contributed by atoms with E-state index in [-0.39, 0.29) is 23.9 Å². The third kappa shape index (κ3) is 1.88. The van der Waals surface area contributed by atoms with Crippen LogP contribution in [0.25, 0.3) is 0 Å². The quantitative estimate of drug-likeness (QED) is 0.727. The minimum Gasteiger partial charge on any atom is -0.396 e. The second-order valence-corrected chi connectivity index (χ2v) is 4.62. The Morgan fingerprint density at radius 3 is 2.64 bits per heavy atom. The summed E-state index contributed by atoms with van der Waals surface area (Å²) in [5.74, 6) is 0.973. The SMILES string of the molecule is OCCSC1OC(O)C2C=CC=CC12. The first-order valence-corrected chi connectivity index (χ1v) is 5.79. The molecule has 2 rings (SSSR count). The van der Waals surface area contributed by atoms with Gasteiger partial charge in [0.25, 0.3) is 0 Å². The summed E-state index contributed by atoms with van der Waals surface area (Å²) in [5.41, 5.74) is -0.0247. The Hall–Kier alpha value is -0.290. The smallest absolute Gasteiger partial charge is 0.163 e. The summed E-state index contributed by atoms with van der Waals surface area (Å²) in [7, 11) is 0. The zero-order chi connectivity index (χ0) is 9.97. The van der Waals surface area contributed by atoms with E-state index in [1.165, 1.54) is 0 Å². The number of ether oxygens (including phenoxy) is 1. The van der Waals surface area contributed by atoms with Crippen LogP contribution in [0.15, 0.2) is 24.3 Å². The first-order chi connectivity index (χ1) is 6.83. The lowest BCUT2D eigenvalue weighted by Crippen LogP contribution is -2.19. The maximum absolute atomic E-state index is 9.61. The van der Waals surface area contributed by atoms with Gasteiger partial charge >= 0.3 is 0 Å². The molecule has 1 aliphatic heterocycles. The van der Waals surface area contributed by atoms with Crippen molar-refractivity contribution in [3.8, 4) is 0 Å². The van der Waals surface area contributed by atoms with E-state index < -0.39 is 6.29 Å². The van der Waals surface area contributed by atoms with Crippen molar-refractivity contribution in [2.24, 2.45) is 11.8 Å². The van der Waals surface area contributed by atoms with Crippen LogP contribution in [0.3, 0.4) is 0 Å². The average molecular weight is 214 g/mol. The van der Waals surface area contributed by atoms with Crippen LogP contribution >= 0.6 is 11.8 Å². The summed E-state index contributed by atoms with van der Waals surface area (Å²) in [5, 5.41) is 18.3. The fourth-order valence-electron chi connectivity index (χ4n) is 1.84. The molecule has 4 atom stereocenters. The molecule has 78 valence electrons. The molecule has 0 amide bonds. The second-order valence-electron chi connectivity index (χ2n) is 3.41. The first-order valence-electron chi connectivity index (χ1n) is 4.74. The van der Waals surface area contributed by atoms with Gasteiger partial charge in [0.1, 0.15) is 5.44 Å². The number of allylic oxidation sites excluding steroid dienone is 2. The molecule has 0 spiro atoms. The van der Waals surface area contributed by atoms with Gasteiger partial charge in [0, 0.05) is 17.6 Å². The lowest BCUT2D eigenvalue weighted by atomic mass is 9.91. The van der Waals surface area contributed by atoms with Crippen LogP contribution in [0.4, 0.5) is 0 Å². The van der Waals surface area contributed by atoms with Crippen molar-refractivity contribution < 1.29 is 14.9 Å². The van der Waals surface area contributed by atoms with Crippen LogP contribution in [-0.2, 0) is 4.74 Å². The summed E-state index contributed by atoms with van der Waals surface area (Å²) in [6.45, 7) is 0.150. The highest BCUT2D eigenvalue weighted by Gasteiger charge is 2.41. The van der Waals surface area contributed by atoms with Crippen molar-refractivity contribution >= 4 is 11.8 Å². The molecule has 0 aromatic rings. The molecule has 0 radical (unpaired) electrons. The van der Waals surface area contributed by atoms with E-state index in [0.29, 0.717) is 5.75 Å². The Morgan fingerprint density at radius 1 is 1.21 bits per heavy atom. The predicted molar refractivity (Wildman–Crippen MR) is 55.7 cm³/mol. The predicted octanol–water partition coefficient (Wildman–Crippen LogP) is 0.745. The normalized spacial score (nSPS) is 40.1. The van der Waals surface area contributed by atoms with Crippen LogP contribution < -0.4 is 0 Å². The van der Waals surface area contributed by atoms with Gasteiger partial charge in [-0.3, -0.25) is 0 Å². The maximum Gasteiger partial charge on any atom is 0.163 e. The standard InChI is InChI=1S/C10H14O3S/c11-5-6-14-10-8-4-2-1-3-7(8)9(12)13-10/h1-4,7-12H,5-6H2. The highest BCUT2D eigenvalue weighted by atomic mass is 32.2. The number of rotatable bonds is 3. The van der Waals surface area contributed by atoms with Gasteiger partial charge in [0.2, 0.25) is 0 Å². The Labute approximate surface area is 87.5 Å². The molecule has 2 aliphatic rings. The van der Waals surface area contributed by atoms with Crippen molar-refractivity contribution in [2.75, 3.05) is 12.4 Å². The van der Waals surface area contributed by atoms with E-state index in [2.05, 4.69) is 6.08 Å². The molecule has 4 unspecified atom stereocenters. The van der Waals surface area contributed by atoms with E-state index in [4.69, 9.17) is 9.84 Å². The van der Waals surface area contributed by atoms with Gasteiger partial charge in [-0.25, -0.2) is 0 Å². The zero-order valence-electron chi connectivity index (χ0n) is 7.74. The van der Waals surface area contributed by atoms with Crippen LogP contribution in [0, 0.1) is 11.8 Å². The first kappa shape index (κ1) is 10.2. The topological polar surface area (TPSA) is 49.7 Å². The average Bonchev–Trinajstić information content (AvgIpc) is 2.54. The van der Waals surface area contributed by atoms with Gasteiger partial charge in [-0.05, 0) is 0 Å².